The van der Waals surface area contributed by atoms with Crippen molar-refractivity contribution in [2.45, 2.75) is 13.8 Å². The fourth-order valence-corrected chi connectivity index (χ4v) is 1.29. The Bertz CT molecular complexity index is 388. The van der Waals surface area contributed by atoms with Crippen molar-refractivity contribution in [2.24, 2.45) is 0 Å². The first kappa shape index (κ1) is 11.9. The Morgan fingerprint density at radius 3 is 3.00 bits per heavy atom. The molecule has 0 unspecified atom stereocenters. The quantitative estimate of drug-likeness (QED) is 0.626. The molecule has 0 spiro atoms. The lowest BCUT2D eigenvalue weighted by Gasteiger charge is -1.98. The van der Waals surface area contributed by atoms with Gasteiger partial charge < -0.3 is 4.74 Å². The molecular weight excluding hydrogens is 258 g/mol. The lowest BCUT2D eigenvalue weighted by atomic mass is 10.2. The standard InChI is InChI=1S/C11H12BrNO2/c1-3-15-11(14)5-4-9-6-10(12)8(2)7-13-9/h4-7H,3H2,1-2H3/b5-4+. The van der Waals surface area contributed by atoms with Crippen molar-refractivity contribution in [2.75, 3.05) is 6.61 Å². The Morgan fingerprint density at radius 1 is 1.67 bits per heavy atom. The van der Waals surface area contributed by atoms with Crippen LogP contribution in [-0.2, 0) is 9.53 Å². The molecule has 1 heterocycles. The first-order valence-electron chi connectivity index (χ1n) is 4.60. The molecule has 3 nitrogen and oxygen atoms in total. The summed E-state index contributed by atoms with van der Waals surface area (Å²) in [6, 6.07) is 1.85. The monoisotopic (exact) mass is 269 g/mol. The molecule has 1 rings (SSSR count). The molecule has 0 amide bonds. The van der Waals surface area contributed by atoms with E-state index in [0.717, 1.165) is 15.7 Å². The number of nitrogens with zero attached hydrogens (tertiary/aromatic N) is 1. The molecule has 0 aromatic carbocycles. The van der Waals surface area contributed by atoms with Crippen molar-refractivity contribution < 1.29 is 9.53 Å². The van der Waals surface area contributed by atoms with E-state index in [0.29, 0.717) is 6.61 Å². The number of hydrogen-bond acceptors (Lipinski definition) is 3. The second-order valence-corrected chi connectivity index (χ2v) is 3.80. The normalized spacial score (nSPS) is 10.6. The van der Waals surface area contributed by atoms with E-state index >= 15 is 0 Å². The second kappa shape index (κ2) is 5.66. The van der Waals surface area contributed by atoms with Crippen molar-refractivity contribution >= 4 is 28.0 Å². The minimum Gasteiger partial charge on any atom is -0.463 e. The Labute approximate surface area is 97.3 Å². The summed E-state index contributed by atoms with van der Waals surface area (Å²) in [4.78, 5) is 15.2. The van der Waals surface area contributed by atoms with Crippen molar-refractivity contribution in [3.05, 3.63) is 34.1 Å². The number of ether oxygens (including phenoxy) is 1. The number of carbonyl (C=O) groups is 1. The number of hydrogen-bond donors (Lipinski definition) is 0. The number of halogens is 1. The van der Waals surface area contributed by atoms with Crippen LogP contribution in [0.3, 0.4) is 0 Å². The minimum atomic E-state index is -0.351. The number of esters is 1. The molecule has 0 aliphatic heterocycles. The van der Waals surface area contributed by atoms with Gasteiger partial charge in [-0.3, -0.25) is 4.98 Å². The fourth-order valence-electron chi connectivity index (χ4n) is 0.949. The molecule has 0 aliphatic rings. The van der Waals surface area contributed by atoms with Crippen LogP contribution < -0.4 is 0 Å². The Kier molecular flexibility index (Phi) is 4.49. The number of aryl methyl sites for hydroxylation is 1. The molecule has 0 saturated carbocycles. The van der Waals surface area contributed by atoms with Crippen LogP contribution in [0.4, 0.5) is 0 Å². The maximum atomic E-state index is 11.0. The van der Waals surface area contributed by atoms with Crippen LogP contribution >= 0.6 is 15.9 Å². The van der Waals surface area contributed by atoms with Gasteiger partial charge in [-0.15, -0.1) is 0 Å². The summed E-state index contributed by atoms with van der Waals surface area (Å²) < 4.78 is 5.73. The maximum absolute atomic E-state index is 11.0. The molecule has 0 N–H and O–H groups in total. The van der Waals surface area contributed by atoms with Gasteiger partial charge in [0, 0.05) is 16.7 Å². The highest BCUT2D eigenvalue weighted by atomic mass is 79.9. The van der Waals surface area contributed by atoms with Crippen LogP contribution in [0.15, 0.2) is 22.8 Å². The highest BCUT2D eigenvalue weighted by Gasteiger charge is 1.97. The van der Waals surface area contributed by atoms with Gasteiger partial charge in [0.2, 0.25) is 0 Å². The highest BCUT2D eigenvalue weighted by molar-refractivity contribution is 9.10. The Hall–Kier alpha value is -1.16. The van der Waals surface area contributed by atoms with E-state index in [1.165, 1.54) is 6.08 Å². The summed E-state index contributed by atoms with van der Waals surface area (Å²) in [5.41, 5.74) is 1.78. The number of carbonyl (C=O) groups excluding carboxylic acids is 1. The van der Waals surface area contributed by atoms with Gasteiger partial charge in [-0.25, -0.2) is 4.79 Å². The van der Waals surface area contributed by atoms with E-state index in [4.69, 9.17) is 4.74 Å². The average molecular weight is 270 g/mol. The molecule has 80 valence electrons. The van der Waals surface area contributed by atoms with Gasteiger partial charge in [0.15, 0.2) is 0 Å². The molecule has 0 saturated heterocycles. The van der Waals surface area contributed by atoms with Gasteiger partial charge in [0.1, 0.15) is 0 Å². The van der Waals surface area contributed by atoms with Crippen LogP contribution in [0, 0.1) is 6.92 Å². The topological polar surface area (TPSA) is 39.2 Å². The summed E-state index contributed by atoms with van der Waals surface area (Å²) in [6.07, 6.45) is 4.74. The summed E-state index contributed by atoms with van der Waals surface area (Å²) in [5, 5.41) is 0. The van der Waals surface area contributed by atoms with Gasteiger partial charge in [-0.2, -0.15) is 0 Å². The third kappa shape index (κ3) is 3.83. The zero-order valence-electron chi connectivity index (χ0n) is 8.66. The van der Waals surface area contributed by atoms with Gasteiger partial charge in [-0.05, 0) is 31.6 Å². The smallest absolute Gasteiger partial charge is 0.330 e. The van der Waals surface area contributed by atoms with E-state index in [2.05, 4.69) is 20.9 Å². The third-order valence-electron chi connectivity index (χ3n) is 1.74. The molecule has 4 heteroatoms. The summed E-state index contributed by atoms with van der Waals surface area (Å²) in [6.45, 7) is 4.11. The van der Waals surface area contributed by atoms with Crippen molar-refractivity contribution in [3.8, 4) is 0 Å². The lowest BCUT2D eigenvalue weighted by Crippen LogP contribution is -1.98. The van der Waals surface area contributed by atoms with Crippen molar-refractivity contribution in [3.63, 3.8) is 0 Å². The molecule has 1 aromatic rings. The van der Waals surface area contributed by atoms with E-state index in [-0.39, 0.29) is 5.97 Å². The zero-order chi connectivity index (χ0) is 11.3. The third-order valence-corrected chi connectivity index (χ3v) is 2.59. The highest BCUT2D eigenvalue weighted by Crippen LogP contribution is 2.15. The van der Waals surface area contributed by atoms with Crippen molar-refractivity contribution in [1.82, 2.24) is 4.98 Å². The van der Waals surface area contributed by atoms with Gasteiger partial charge in [0.05, 0.1) is 12.3 Å². The van der Waals surface area contributed by atoms with Crippen LogP contribution in [0.2, 0.25) is 0 Å². The van der Waals surface area contributed by atoms with Crippen LogP contribution in [-0.4, -0.2) is 17.6 Å². The van der Waals surface area contributed by atoms with Crippen molar-refractivity contribution in [1.29, 1.82) is 0 Å². The molecular formula is C11H12BrNO2. The first-order valence-corrected chi connectivity index (χ1v) is 5.39. The molecule has 0 radical (unpaired) electrons. The number of pyridine rings is 1. The Balaban J connectivity index is 2.72. The molecule has 0 atom stereocenters. The number of rotatable bonds is 3. The van der Waals surface area contributed by atoms with Gasteiger partial charge >= 0.3 is 5.97 Å². The first-order chi connectivity index (χ1) is 7.13. The van der Waals surface area contributed by atoms with Crippen LogP contribution in [0.25, 0.3) is 6.08 Å². The van der Waals surface area contributed by atoms with E-state index in [1.807, 2.05) is 13.0 Å². The number of aromatic nitrogens is 1. The maximum Gasteiger partial charge on any atom is 0.330 e. The molecule has 0 aliphatic carbocycles. The summed E-state index contributed by atoms with van der Waals surface area (Å²) in [5.74, 6) is -0.351. The van der Waals surface area contributed by atoms with E-state index in [1.54, 1.807) is 19.2 Å². The van der Waals surface area contributed by atoms with E-state index < -0.39 is 0 Å². The van der Waals surface area contributed by atoms with Crippen LogP contribution in [0.1, 0.15) is 18.2 Å². The molecule has 0 fully saturated rings. The summed E-state index contributed by atoms with van der Waals surface area (Å²) in [7, 11) is 0. The summed E-state index contributed by atoms with van der Waals surface area (Å²) >= 11 is 3.39. The van der Waals surface area contributed by atoms with Gasteiger partial charge in [-0.1, -0.05) is 15.9 Å². The fraction of sp³-hybridized carbons (Fsp3) is 0.273. The Morgan fingerprint density at radius 2 is 2.40 bits per heavy atom. The average Bonchev–Trinajstić information content (AvgIpc) is 2.20. The zero-order valence-corrected chi connectivity index (χ0v) is 10.2. The van der Waals surface area contributed by atoms with Gasteiger partial charge in [0.25, 0.3) is 0 Å². The lowest BCUT2D eigenvalue weighted by molar-refractivity contribution is -0.137. The predicted octanol–water partition coefficient (Wildman–Crippen LogP) is 2.73. The molecule has 15 heavy (non-hydrogen) atoms. The van der Waals surface area contributed by atoms with E-state index in [9.17, 15) is 4.79 Å². The van der Waals surface area contributed by atoms with Crippen LogP contribution in [0.5, 0.6) is 0 Å². The predicted molar refractivity (Wildman–Crippen MR) is 62.3 cm³/mol. The largest absolute Gasteiger partial charge is 0.463 e. The molecule has 0 bridgehead atoms. The SMILES string of the molecule is CCOC(=O)/C=C/c1cc(Br)c(C)cn1. The minimum absolute atomic E-state index is 0.351. The second-order valence-electron chi connectivity index (χ2n) is 2.94. The molecule has 1 aromatic heterocycles.